The van der Waals surface area contributed by atoms with E-state index in [2.05, 4.69) is 9.97 Å². The molecule has 0 bridgehead atoms. The Balaban J connectivity index is 2.42. The molecule has 6 heteroatoms. The van der Waals surface area contributed by atoms with Crippen molar-refractivity contribution in [2.24, 2.45) is 0 Å². The van der Waals surface area contributed by atoms with Gasteiger partial charge in [0.2, 0.25) is 5.95 Å². The van der Waals surface area contributed by atoms with Crippen LogP contribution < -0.4 is 5.73 Å². The van der Waals surface area contributed by atoms with Crippen molar-refractivity contribution < 1.29 is 0 Å². The van der Waals surface area contributed by atoms with Gasteiger partial charge in [0.1, 0.15) is 5.52 Å². The number of nitrogens with zero attached hydrogens (tertiary/aromatic N) is 3. The Morgan fingerprint density at radius 1 is 1.05 bits per heavy atom. The van der Waals surface area contributed by atoms with Gasteiger partial charge >= 0.3 is 0 Å². The van der Waals surface area contributed by atoms with E-state index in [9.17, 15) is 0 Å². The fraction of sp³-hybridized carbons (Fsp3) is 0.0769. The second-order valence-corrected chi connectivity index (χ2v) is 4.99. The van der Waals surface area contributed by atoms with Crippen LogP contribution in [0.4, 0.5) is 5.95 Å². The van der Waals surface area contributed by atoms with Crippen LogP contribution in [0.25, 0.3) is 16.9 Å². The summed E-state index contributed by atoms with van der Waals surface area (Å²) in [4.78, 5) is 8.73. The Labute approximate surface area is 119 Å². The molecule has 0 fully saturated rings. The van der Waals surface area contributed by atoms with Crippen LogP contribution in [0.2, 0.25) is 10.0 Å². The summed E-state index contributed by atoms with van der Waals surface area (Å²) < 4.78 is 1.67. The molecule has 4 nitrogen and oxygen atoms in total. The molecule has 3 rings (SSSR count). The number of nitrogen functional groups attached to an aromatic ring is 1. The molecule has 0 amide bonds. The minimum absolute atomic E-state index is 0.308. The number of para-hydroxylation sites is 1. The molecule has 3 aromatic rings. The number of aryl methyl sites for hydroxylation is 1. The lowest BCUT2D eigenvalue weighted by Gasteiger charge is -2.10. The van der Waals surface area contributed by atoms with Crippen LogP contribution in [0.1, 0.15) is 5.69 Å². The van der Waals surface area contributed by atoms with Crippen molar-refractivity contribution >= 4 is 40.3 Å². The van der Waals surface area contributed by atoms with E-state index < -0.39 is 0 Å². The lowest BCUT2D eigenvalue weighted by molar-refractivity contribution is 1.07. The van der Waals surface area contributed by atoms with Crippen molar-refractivity contribution in [2.75, 3.05) is 5.73 Å². The maximum Gasteiger partial charge on any atom is 0.207 e. The first kappa shape index (κ1) is 12.3. The number of hydrogen-bond acceptors (Lipinski definition) is 3. The van der Waals surface area contributed by atoms with Crippen molar-refractivity contribution in [2.45, 2.75) is 6.92 Å². The summed E-state index contributed by atoms with van der Waals surface area (Å²) in [6.07, 6.45) is 0. The highest BCUT2D eigenvalue weighted by Crippen LogP contribution is 2.32. The second-order valence-electron chi connectivity index (χ2n) is 4.17. The minimum Gasteiger partial charge on any atom is -0.369 e. The first-order chi connectivity index (χ1) is 9.08. The molecule has 2 aromatic heterocycles. The number of pyridine rings is 1. The number of imidazole rings is 1. The quantitative estimate of drug-likeness (QED) is 0.745. The standard InChI is InChI=1S/C13H10Cl2N4/c1-7-5-6-10-12(17-7)19(13(16)18-10)11-8(14)3-2-4-9(11)15/h2-6H,1H3,(H2,16,18). The highest BCUT2D eigenvalue weighted by molar-refractivity contribution is 6.37. The topological polar surface area (TPSA) is 56.7 Å². The fourth-order valence-electron chi connectivity index (χ4n) is 1.99. The molecule has 2 heterocycles. The summed E-state index contributed by atoms with van der Waals surface area (Å²) in [7, 11) is 0. The van der Waals surface area contributed by atoms with Crippen LogP contribution in [-0.4, -0.2) is 14.5 Å². The van der Waals surface area contributed by atoms with Crippen molar-refractivity contribution in [1.82, 2.24) is 14.5 Å². The average Bonchev–Trinajstić information content (AvgIpc) is 2.66. The Morgan fingerprint density at radius 2 is 1.74 bits per heavy atom. The third-order valence-electron chi connectivity index (χ3n) is 2.83. The molecular formula is C13H10Cl2N4. The highest BCUT2D eigenvalue weighted by atomic mass is 35.5. The normalized spacial score (nSPS) is 11.1. The monoisotopic (exact) mass is 292 g/mol. The van der Waals surface area contributed by atoms with E-state index in [4.69, 9.17) is 28.9 Å². The molecule has 1 aromatic carbocycles. The molecule has 0 saturated heterocycles. The molecule has 0 atom stereocenters. The summed E-state index contributed by atoms with van der Waals surface area (Å²) in [5, 5.41) is 1.00. The van der Waals surface area contributed by atoms with Gasteiger partial charge in [0.25, 0.3) is 0 Å². The number of nitrogens with two attached hydrogens (primary N) is 1. The molecule has 0 aliphatic rings. The van der Waals surface area contributed by atoms with E-state index in [-0.39, 0.29) is 0 Å². The van der Waals surface area contributed by atoms with Crippen LogP contribution in [0.5, 0.6) is 0 Å². The third kappa shape index (κ3) is 1.93. The minimum atomic E-state index is 0.308. The van der Waals surface area contributed by atoms with E-state index in [0.717, 1.165) is 5.69 Å². The zero-order valence-corrected chi connectivity index (χ0v) is 11.6. The van der Waals surface area contributed by atoms with E-state index >= 15 is 0 Å². The molecule has 19 heavy (non-hydrogen) atoms. The molecule has 96 valence electrons. The van der Waals surface area contributed by atoms with Gasteiger partial charge in [-0.3, -0.25) is 4.57 Å². The van der Waals surface area contributed by atoms with Gasteiger partial charge in [-0.25, -0.2) is 9.97 Å². The Bertz CT molecular complexity index is 759. The van der Waals surface area contributed by atoms with Gasteiger partial charge in [0, 0.05) is 5.69 Å². The van der Waals surface area contributed by atoms with Crippen LogP contribution in [-0.2, 0) is 0 Å². The molecule has 0 unspecified atom stereocenters. The molecule has 0 aliphatic heterocycles. The van der Waals surface area contributed by atoms with Crippen molar-refractivity contribution in [3.63, 3.8) is 0 Å². The lowest BCUT2D eigenvalue weighted by Crippen LogP contribution is -2.03. The van der Waals surface area contributed by atoms with E-state index in [0.29, 0.717) is 32.8 Å². The van der Waals surface area contributed by atoms with Crippen molar-refractivity contribution in [3.8, 4) is 5.69 Å². The predicted octanol–water partition coefficient (Wildman–Crippen LogP) is 3.62. The van der Waals surface area contributed by atoms with E-state index in [1.54, 1.807) is 22.8 Å². The molecule has 2 N–H and O–H groups in total. The first-order valence-corrected chi connectivity index (χ1v) is 6.39. The number of hydrogen-bond donors (Lipinski definition) is 1. The van der Waals surface area contributed by atoms with E-state index in [1.807, 2.05) is 19.1 Å². The molecule has 0 aliphatic carbocycles. The Morgan fingerprint density at radius 3 is 2.42 bits per heavy atom. The van der Waals surface area contributed by atoms with Crippen molar-refractivity contribution in [3.05, 3.63) is 46.1 Å². The maximum atomic E-state index is 6.22. The number of benzene rings is 1. The number of halogens is 2. The van der Waals surface area contributed by atoms with Gasteiger partial charge in [-0.15, -0.1) is 0 Å². The third-order valence-corrected chi connectivity index (χ3v) is 3.44. The Hall–Kier alpha value is -1.78. The van der Waals surface area contributed by atoms with Crippen LogP contribution in [0.3, 0.4) is 0 Å². The van der Waals surface area contributed by atoms with Crippen LogP contribution >= 0.6 is 23.2 Å². The maximum absolute atomic E-state index is 6.22. The van der Waals surface area contributed by atoms with Gasteiger partial charge < -0.3 is 5.73 Å². The van der Waals surface area contributed by atoms with E-state index in [1.165, 1.54) is 0 Å². The van der Waals surface area contributed by atoms with Gasteiger partial charge in [-0.2, -0.15) is 0 Å². The lowest BCUT2D eigenvalue weighted by atomic mass is 10.3. The van der Waals surface area contributed by atoms with Gasteiger partial charge in [-0.05, 0) is 31.2 Å². The fourth-order valence-corrected chi connectivity index (χ4v) is 2.56. The Kier molecular flexibility index (Phi) is 2.84. The zero-order chi connectivity index (χ0) is 13.6. The number of aromatic nitrogens is 3. The summed E-state index contributed by atoms with van der Waals surface area (Å²) in [6.45, 7) is 1.90. The van der Waals surface area contributed by atoms with Gasteiger partial charge in [0.05, 0.1) is 15.7 Å². The average molecular weight is 293 g/mol. The summed E-state index contributed by atoms with van der Waals surface area (Å²) in [5.41, 5.74) is 8.79. The predicted molar refractivity (Wildman–Crippen MR) is 78.0 cm³/mol. The number of rotatable bonds is 1. The SMILES string of the molecule is Cc1ccc2nc(N)n(-c3c(Cl)cccc3Cl)c2n1. The second kappa shape index (κ2) is 4.40. The van der Waals surface area contributed by atoms with Gasteiger partial charge in [-0.1, -0.05) is 29.3 Å². The molecular weight excluding hydrogens is 283 g/mol. The first-order valence-electron chi connectivity index (χ1n) is 5.64. The zero-order valence-electron chi connectivity index (χ0n) is 10.1. The smallest absolute Gasteiger partial charge is 0.207 e. The highest BCUT2D eigenvalue weighted by Gasteiger charge is 2.16. The largest absolute Gasteiger partial charge is 0.369 e. The number of fused-ring (bicyclic) bond motifs is 1. The van der Waals surface area contributed by atoms with Crippen LogP contribution in [0, 0.1) is 6.92 Å². The van der Waals surface area contributed by atoms with Crippen LogP contribution in [0.15, 0.2) is 30.3 Å². The molecule has 0 radical (unpaired) electrons. The number of anilines is 1. The summed E-state index contributed by atoms with van der Waals surface area (Å²) >= 11 is 12.4. The van der Waals surface area contributed by atoms with Crippen molar-refractivity contribution in [1.29, 1.82) is 0 Å². The van der Waals surface area contributed by atoms with Gasteiger partial charge in [0.15, 0.2) is 5.65 Å². The molecule has 0 saturated carbocycles. The summed E-state index contributed by atoms with van der Waals surface area (Å²) in [6, 6.07) is 9.04. The molecule has 0 spiro atoms. The summed E-state index contributed by atoms with van der Waals surface area (Å²) in [5.74, 6) is 0.308.